The molecule has 0 aliphatic carbocycles. The summed E-state index contributed by atoms with van der Waals surface area (Å²) < 4.78 is 0. The van der Waals surface area contributed by atoms with E-state index in [1.165, 1.54) is 0 Å². The van der Waals surface area contributed by atoms with E-state index in [4.69, 9.17) is 21.6 Å². The topological polar surface area (TPSA) is 49.6 Å². The van der Waals surface area contributed by atoms with E-state index in [0.29, 0.717) is 16.4 Å². The van der Waals surface area contributed by atoms with E-state index in [1.807, 2.05) is 78.9 Å². The molecule has 0 bridgehead atoms. The molecule has 128 valence electrons. The summed E-state index contributed by atoms with van der Waals surface area (Å²) in [5.41, 5.74) is 4.89. The van der Waals surface area contributed by atoms with E-state index >= 15 is 0 Å². The van der Waals surface area contributed by atoms with E-state index in [9.17, 15) is 5.26 Å². The maximum atomic E-state index is 9.21. The fourth-order valence-corrected chi connectivity index (χ4v) is 3.05. The van der Waals surface area contributed by atoms with Gasteiger partial charge in [-0.2, -0.15) is 5.26 Å². The molecule has 3 aromatic carbocycles. The quantitative estimate of drug-likeness (QED) is 0.446. The Kier molecular flexibility index (Phi) is 4.65. The minimum absolute atomic E-state index is 0.594. The molecule has 27 heavy (non-hydrogen) atoms. The van der Waals surface area contributed by atoms with Crippen LogP contribution in [0.25, 0.3) is 33.9 Å². The van der Waals surface area contributed by atoms with Crippen LogP contribution in [0.1, 0.15) is 5.56 Å². The Hall–Kier alpha value is -3.48. The van der Waals surface area contributed by atoms with Crippen molar-refractivity contribution < 1.29 is 0 Å². The summed E-state index contributed by atoms with van der Waals surface area (Å²) in [5.74, 6) is 0.594. The van der Waals surface area contributed by atoms with Crippen LogP contribution in [-0.4, -0.2) is 9.97 Å². The van der Waals surface area contributed by atoms with Crippen LogP contribution in [0.15, 0.2) is 84.9 Å². The number of rotatable bonds is 3. The molecule has 3 nitrogen and oxygen atoms in total. The third-order valence-electron chi connectivity index (χ3n) is 4.17. The Bertz CT molecular complexity index is 1150. The van der Waals surface area contributed by atoms with E-state index < -0.39 is 0 Å². The van der Waals surface area contributed by atoms with Gasteiger partial charge < -0.3 is 0 Å². The minimum Gasteiger partial charge on any atom is -0.228 e. The first-order chi connectivity index (χ1) is 13.2. The summed E-state index contributed by atoms with van der Waals surface area (Å²) in [6, 6.07) is 29.0. The van der Waals surface area contributed by atoms with Crippen LogP contribution in [-0.2, 0) is 0 Å². The number of hydrogen-bond acceptors (Lipinski definition) is 3. The van der Waals surface area contributed by atoms with Crippen molar-refractivity contribution in [2.24, 2.45) is 0 Å². The molecule has 0 amide bonds. The number of nitrogens with zero attached hydrogens (tertiary/aromatic N) is 3. The van der Waals surface area contributed by atoms with Crippen molar-refractivity contribution in [2.45, 2.75) is 0 Å². The van der Waals surface area contributed by atoms with Crippen LogP contribution in [0.4, 0.5) is 0 Å². The highest BCUT2D eigenvalue weighted by molar-refractivity contribution is 6.30. The molecule has 4 rings (SSSR count). The molecule has 0 N–H and O–H groups in total. The number of benzene rings is 3. The fourth-order valence-electron chi connectivity index (χ4n) is 2.86. The van der Waals surface area contributed by atoms with E-state index in [2.05, 4.69) is 6.07 Å². The van der Waals surface area contributed by atoms with Crippen molar-refractivity contribution in [2.75, 3.05) is 0 Å². The van der Waals surface area contributed by atoms with Crippen molar-refractivity contribution in [1.82, 2.24) is 9.97 Å². The molecule has 0 saturated carbocycles. The fraction of sp³-hybridized carbons (Fsp3) is 0. The Labute approximate surface area is 162 Å². The van der Waals surface area contributed by atoms with Gasteiger partial charge in [-0.1, -0.05) is 66.2 Å². The molecule has 0 fully saturated rings. The first-order valence-corrected chi connectivity index (χ1v) is 8.82. The highest BCUT2D eigenvalue weighted by atomic mass is 35.5. The molecule has 0 aliphatic rings. The third-order valence-corrected chi connectivity index (χ3v) is 4.40. The Morgan fingerprint density at radius 3 is 2.07 bits per heavy atom. The SMILES string of the molecule is N#Cc1cccc(-c2cc(-c3ccccc3)nc(-c3cccc(Cl)c3)n2)c1. The average molecular weight is 368 g/mol. The minimum atomic E-state index is 0.594. The van der Waals surface area contributed by atoms with Gasteiger partial charge in [-0.05, 0) is 30.3 Å². The number of aromatic nitrogens is 2. The first-order valence-electron chi connectivity index (χ1n) is 8.44. The van der Waals surface area contributed by atoms with Gasteiger partial charge in [-0.15, -0.1) is 0 Å². The Balaban J connectivity index is 1.93. The lowest BCUT2D eigenvalue weighted by atomic mass is 10.0. The molecule has 4 aromatic rings. The van der Waals surface area contributed by atoms with E-state index in [-0.39, 0.29) is 0 Å². The van der Waals surface area contributed by atoms with Gasteiger partial charge in [-0.3, -0.25) is 0 Å². The van der Waals surface area contributed by atoms with Crippen LogP contribution < -0.4 is 0 Å². The zero-order valence-corrected chi connectivity index (χ0v) is 15.1. The molecule has 4 heteroatoms. The van der Waals surface area contributed by atoms with Crippen molar-refractivity contribution in [1.29, 1.82) is 5.26 Å². The third kappa shape index (κ3) is 3.72. The predicted octanol–water partition coefficient (Wildman–Crippen LogP) is 6.00. The van der Waals surface area contributed by atoms with Crippen molar-refractivity contribution in [3.8, 4) is 40.0 Å². The molecule has 0 atom stereocenters. The molecular weight excluding hydrogens is 354 g/mol. The molecule has 0 radical (unpaired) electrons. The average Bonchev–Trinajstić information content (AvgIpc) is 2.74. The van der Waals surface area contributed by atoms with Crippen molar-refractivity contribution >= 4 is 11.6 Å². The van der Waals surface area contributed by atoms with Gasteiger partial charge in [0.2, 0.25) is 0 Å². The van der Waals surface area contributed by atoms with Gasteiger partial charge in [0.1, 0.15) is 0 Å². The van der Waals surface area contributed by atoms with E-state index in [0.717, 1.165) is 28.1 Å². The van der Waals surface area contributed by atoms with Gasteiger partial charge in [0.25, 0.3) is 0 Å². The monoisotopic (exact) mass is 367 g/mol. The number of halogens is 1. The van der Waals surface area contributed by atoms with Crippen LogP contribution in [0.5, 0.6) is 0 Å². The van der Waals surface area contributed by atoms with Crippen LogP contribution in [0.2, 0.25) is 5.02 Å². The van der Waals surface area contributed by atoms with Gasteiger partial charge in [0.05, 0.1) is 23.0 Å². The summed E-state index contributed by atoms with van der Waals surface area (Å²) in [7, 11) is 0. The molecule has 1 heterocycles. The normalized spacial score (nSPS) is 10.4. The molecule has 0 aliphatic heterocycles. The predicted molar refractivity (Wildman–Crippen MR) is 108 cm³/mol. The van der Waals surface area contributed by atoms with Gasteiger partial charge in [-0.25, -0.2) is 9.97 Å². The second kappa shape index (κ2) is 7.41. The summed E-state index contributed by atoms with van der Waals surface area (Å²) >= 11 is 6.16. The first kappa shape index (κ1) is 17.0. The van der Waals surface area contributed by atoms with Crippen LogP contribution >= 0.6 is 11.6 Å². The highest BCUT2D eigenvalue weighted by Gasteiger charge is 2.11. The smallest absolute Gasteiger partial charge is 0.160 e. The summed E-state index contributed by atoms with van der Waals surface area (Å²) in [5, 5.41) is 9.84. The summed E-state index contributed by atoms with van der Waals surface area (Å²) in [4.78, 5) is 9.49. The maximum absolute atomic E-state index is 9.21. The van der Waals surface area contributed by atoms with Crippen LogP contribution in [0.3, 0.4) is 0 Å². The highest BCUT2D eigenvalue weighted by Crippen LogP contribution is 2.28. The lowest BCUT2D eigenvalue weighted by molar-refractivity contribution is 1.18. The van der Waals surface area contributed by atoms with Gasteiger partial charge in [0, 0.05) is 21.7 Å². The zero-order chi connectivity index (χ0) is 18.6. The summed E-state index contributed by atoms with van der Waals surface area (Å²) in [6.45, 7) is 0. The van der Waals surface area contributed by atoms with Gasteiger partial charge in [0.15, 0.2) is 5.82 Å². The molecule has 0 saturated heterocycles. The second-order valence-electron chi connectivity index (χ2n) is 6.03. The van der Waals surface area contributed by atoms with Crippen molar-refractivity contribution in [3.63, 3.8) is 0 Å². The molecule has 0 spiro atoms. The van der Waals surface area contributed by atoms with Crippen molar-refractivity contribution in [3.05, 3.63) is 95.5 Å². The number of hydrogen-bond donors (Lipinski definition) is 0. The molecule has 0 unspecified atom stereocenters. The van der Waals surface area contributed by atoms with Gasteiger partial charge >= 0.3 is 0 Å². The largest absolute Gasteiger partial charge is 0.228 e. The standard InChI is InChI=1S/C23H14ClN3/c24-20-11-5-10-19(13-20)23-26-21(17-7-2-1-3-8-17)14-22(27-23)18-9-4-6-16(12-18)15-25/h1-14H. The maximum Gasteiger partial charge on any atom is 0.160 e. The molecular formula is C23H14ClN3. The zero-order valence-electron chi connectivity index (χ0n) is 14.3. The summed E-state index contributed by atoms with van der Waals surface area (Å²) in [6.07, 6.45) is 0. The number of nitriles is 1. The second-order valence-corrected chi connectivity index (χ2v) is 6.47. The Morgan fingerprint density at radius 2 is 1.33 bits per heavy atom. The Morgan fingerprint density at radius 1 is 0.667 bits per heavy atom. The van der Waals surface area contributed by atoms with E-state index in [1.54, 1.807) is 6.07 Å². The lowest BCUT2D eigenvalue weighted by Gasteiger charge is -2.09. The lowest BCUT2D eigenvalue weighted by Crippen LogP contribution is -1.96. The van der Waals surface area contributed by atoms with Crippen LogP contribution in [0, 0.1) is 11.3 Å². The molecule has 1 aromatic heterocycles.